The van der Waals surface area contributed by atoms with Gasteiger partial charge in [-0.1, -0.05) is 29.8 Å². The fraction of sp³-hybridized carbons (Fsp3) is 0.0385. The molecule has 0 atom stereocenters. The molecule has 0 unspecified atom stereocenters. The number of nitriles is 1. The Hall–Kier alpha value is -5.21. The number of carbonyl (C=O) groups is 1. The first kappa shape index (κ1) is 22.3. The van der Waals surface area contributed by atoms with Crippen molar-refractivity contribution < 1.29 is 14.0 Å². The third kappa shape index (κ3) is 3.31. The summed E-state index contributed by atoms with van der Waals surface area (Å²) in [7, 11) is 0. The van der Waals surface area contributed by atoms with Crippen molar-refractivity contribution in [1.82, 2.24) is 15.2 Å². The number of hydrogen-bond donors (Lipinski definition) is 4. The number of benzene rings is 2. The molecule has 10 nitrogen and oxygen atoms in total. The van der Waals surface area contributed by atoms with Crippen LogP contribution in [0.3, 0.4) is 0 Å². The molecular formula is C26H18N7O3S+. The average Bonchev–Trinajstić information content (AvgIpc) is 3.60. The van der Waals surface area contributed by atoms with E-state index in [0.717, 1.165) is 27.8 Å². The predicted octanol–water partition coefficient (Wildman–Crippen LogP) is 3.58. The lowest BCUT2D eigenvalue weighted by Crippen LogP contribution is -2.41. The number of aromatic nitrogens is 4. The monoisotopic (exact) mass is 508 g/mol. The molecule has 6 aromatic rings. The number of nitrogens with zero attached hydrogens (tertiary/aromatic N) is 3. The maximum atomic E-state index is 13.7. The van der Waals surface area contributed by atoms with Crippen LogP contribution in [0.4, 0.5) is 11.5 Å². The van der Waals surface area contributed by atoms with Gasteiger partial charge in [-0.05, 0) is 34.6 Å². The second kappa shape index (κ2) is 8.18. The zero-order valence-electron chi connectivity index (χ0n) is 19.3. The molecule has 0 amide bonds. The van der Waals surface area contributed by atoms with E-state index in [2.05, 4.69) is 21.3 Å². The molecule has 4 heterocycles. The Morgan fingerprint density at radius 1 is 1.16 bits per heavy atom. The highest BCUT2D eigenvalue weighted by molar-refractivity contribution is 7.21. The zero-order chi connectivity index (χ0) is 25.8. The highest BCUT2D eigenvalue weighted by atomic mass is 32.1. The lowest BCUT2D eigenvalue weighted by molar-refractivity contribution is -0.672. The van der Waals surface area contributed by atoms with Crippen LogP contribution < -0.4 is 21.8 Å². The van der Waals surface area contributed by atoms with Gasteiger partial charge >= 0.3 is 11.3 Å². The second-order valence-electron chi connectivity index (χ2n) is 8.46. The number of fused-ring (bicyclic) bond motifs is 2. The SMILES string of the molecule is Cc1ccc(-[n+]2[nH]oc(=O)c2C(=O)c2sc3nc(N)c(C#N)c(-c4cccc5[nH]ccc45)c3c2N)cc1. The van der Waals surface area contributed by atoms with Crippen molar-refractivity contribution in [3.8, 4) is 22.9 Å². The Morgan fingerprint density at radius 3 is 2.70 bits per heavy atom. The lowest BCUT2D eigenvalue weighted by atomic mass is 9.94. The molecule has 0 aliphatic heterocycles. The molecule has 4 aromatic heterocycles. The van der Waals surface area contributed by atoms with Gasteiger partial charge in [-0.25, -0.2) is 9.78 Å². The summed E-state index contributed by atoms with van der Waals surface area (Å²) in [6.45, 7) is 1.93. The number of aryl methyl sites for hydroxylation is 1. The zero-order valence-corrected chi connectivity index (χ0v) is 20.1. The van der Waals surface area contributed by atoms with E-state index in [0.29, 0.717) is 27.0 Å². The van der Waals surface area contributed by atoms with Crippen LogP contribution in [0, 0.1) is 18.3 Å². The number of nitrogens with one attached hydrogen (secondary N) is 2. The van der Waals surface area contributed by atoms with Gasteiger partial charge in [0.05, 0.1) is 5.69 Å². The normalized spacial score (nSPS) is 11.2. The van der Waals surface area contributed by atoms with E-state index in [1.165, 1.54) is 4.68 Å². The molecule has 0 saturated carbocycles. The number of nitrogens with two attached hydrogens (primary N) is 2. The van der Waals surface area contributed by atoms with Gasteiger partial charge in [0.1, 0.15) is 27.2 Å². The van der Waals surface area contributed by atoms with Crippen LogP contribution in [-0.2, 0) is 0 Å². The topological polar surface area (TPSA) is 171 Å². The standard InChI is InChI=1S/C26H17N7O3S/c1-12-5-7-13(8-6-12)33-21(26(35)36-32-33)22(34)23-20(28)19-18(16(11-27)24(29)31-25(19)37-23)15-3-2-4-17-14(15)9-10-30-17/h2-10H,1H3,(H5-,28,29,30,31,32,34,35)/p+1. The molecular weight excluding hydrogens is 490 g/mol. The van der Waals surface area contributed by atoms with Gasteiger partial charge in [-0.2, -0.15) is 5.26 Å². The highest BCUT2D eigenvalue weighted by Gasteiger charge is 2.35. The molecule has 2 aromatic carbocycles. The molecule has 0 fully saturated rings. The van der Waals surface area contributed by atoms with Gasteiger partial charge in [0.15, 0.2) is 0 Å². The van der Waals surface area contributed by atoms with Gasteiger partial charge in [-0.15, -0.1) is 11.3 Å². The number of H-pyrrole nitrogens is 2. The third-order valence-electron chi connectivity index (χ3n) is 6.24. The number of rotatable bonds is 4. The molecule has 37 heavy (non-hydrogen) atoms. The maximum absolute atomic E-state index is 13.7. The van der Waals surface area contributed by atoms with Gasteiger partial charge in [0, 0.05) is 40.2 Å². The van der Waals surface area contributed by atoms with Crippen LogP contribution in [0.15, 0.2) is 64.0 Å². The molecule has 0 radical (unpaired) electrons. The summed E-state index contributed by atoms with van der Waals surface area (Å²) in [4.78, 5) is 34.4. The van der Waals surface area contributed by atoms with Crippen molar-refractivity contribution >= 4 is 49.7 Å². The second-order valence-corrected chi connectivity index (χ2v) is 9.46. The number of ketones is 1. The van der Waals surface area contributed by atoms with Crippen LogP contribution >= 0.6 is 11.3 Å². The summed E-state index contributed by atoms with van der Waals surface area (Å²) in [5.41, 5.74) is 15.5. The minimum Gasteiger partial charge on any atom is -0.397 e. The van der Waals surface area contributed by atoms with E-state index >= 15 is 0 Å². The van der Waals surface area contributed by atoms with E-state index in [-0.39, 0.29) is 27.6 Å². The number of carbonyl (C=O) groups excluding carboxylic acids is 1. The number of hydrogen-bond acceptors (Lipinski definition) is 8. The van der Waals surface area contributed by atoms with Crippen LogP contribution in [0.2, 0.25) is 0 Å². The van der Waals surface area contributed by atoms with E-state index < -0.39 is 11.4 Å². The Labute approximate surface area is 212 Å². The van der Waals surface area contributed by atoms with E-state index in [1.54, 1.807) is 18.3 Å². The number of anilines is 2. The van der Waals surface area contributed by atoms with Crippen molar-refractivity contribution in [2.24, 2.45) is 0 Å². The van der Waals surface area contributed by atoms with Crippen molar-refractivity contribution in [3.05, 3.63) is 86.8 Å². The first-order valence-electron chi connectivity index (χ1n) is 11.1. The Bertz CT molecular complexity index is 1970. The smallest absolute Gasteiger partial charge is 0.397 e. The van der Waals surface area contributed by atoms with Crippen molar-refractivity contribution in [2.45, 2.75) is 6.92 Å². The van der Waals surface area contributed by atoms with E-state index in [9.17, 15) is 14.9 Å². The van der Waals surface area contributed by atoms with E-state index in [1.807, 2.05) is 43.3 Å². The number of nitrogen functional groups attached to an aromatic ring is 2. The van der Waals surface area contributed by atoms with Gasteiger partial charge in [-0.3, -0.25) is 9.32 Å². The quantitative estimate of drug-likeness (QED) is 0.208. The van der Waals surface area contributed by atoms with E-state index in [4.69, 9.17) is 16.0 Å². The molecule has 0 bridgehead atoms. The average molecular weight is 509 g/mol. The minimum atomic E-state index is -0.843. The summed E-state index contributed by atoms with van der Waals surface area (Å²) >= 11 is 1.00. The van der Waals surface area contributed by atoms with Crippen molar-refractivity contribution in [3.63, 3.8) is 0 Å². The molecule has 0 aliphatic carbocycles. The number of pyridine rings is 1. The Morgan fingerprint density at radius 2 is 1.95 bits per heavy atom. The first-order valence-corrected chi connectivity index (χ1v) is 11.9. The fourth-order valence-corrected chi connectivity index (χ4v) is 5.53. The number of aromatic amines is 2. The fourth-order valence-electron chi connectivity index (χ4n) is 4.47. The third-order valence-corrected chi connectivity index (χ3v) is 7.34. The summed E-state index contributed by atoms with van der Waals surface area (Å²) in [6.07, 6.45) is 1.79. The molecule has 0 aliphatic rings. The highest BCUT2D eigenvalue weighted by Crippen LogP contribution is 2.44. The van der Waals surface area contributed by atoms with Crippen LogP contribution in [0.1, 0.15) is 26.5 Å². The minimum absolute atomic E-state index is 0.0219. The van der Waals surface area contributed by atoms with Gasteiger partial charge in [0.2, 0.25) is 5.69 Å². The molecule has 6 rings (SSSR count). The molecule has 11 heteroatoms. The molecule has 6 N–H and O–H groups in total. The Balaban J connectivity index is 1.61. The van der Waals surface area contributed by atoms with Crippen molar-refractivity contribution in [2.75, 3.05) is 11.5 Å². The predicted molar refractivity (Wildman–Crippen MR) is 139 cm³/mol. The largest absolute Gasteiger partial charge is 0.439 e. The van der Waals surface area contributed by atoms with Crippen molar-refractivity contribution in [1.29, 1.82) is 5.26 Å². The van der Waals surface area contributed by atoms with Crippen LogP contribution in [0.5, 0.6) is 0 Å². The summed E-state index contributed by atoms with van der Waals surface area (Å²) in [6, 6.07) is 16.8. The molecule has 0 saturated heterocycles. The number of thiophene rings is 1. The summed E-state index contributed by atoms with van der Waals surface area (Å²) < 4.78 is 6.24. The molecule has 180 valence electrons. The van der Waals surface area contributed by atoms with Gasteiger partial charge < -0.3 is 16.5 Å². The first-order chi connectivity index (χ1) is 17.9. The van der Waals surface area contributed by atoms with Gasteiger partial charge in [0.25, 0.3) is 5.78 Å². The molecule has 0 spiro atoms. The summed E-state index contributed by atoms with van der Waals surface area (Å²) in [5.74, 6) is -0.618. The summed E-state index contributed by atoms with van der Waals surface area (Å²) in [5, 5.41) is 13.7. The lowest BCUT2D eigenvalue weighted by Gasteiger charge is -2.11. The van der Waals surface area contributed by atoms with Crippen LogP contribution in [0.25, 0.3) is 37.9 Å². The maximum Gasteiger partial charge on any atom is 0.439 e. The van der Waals surface area contributed by atoms with Crippen LogP contribution in [-0.4, -0.2) is 21.0 Å². The Kier molecular flexibility index (Phi) is 4.92.